The maximum atomic E-state index is 14.6. The highest BCUT2D eigenvalue weighted by atomic mass is 19.3. The predicted octanol–water partition coefficient (Wildman–Crippen LogP) is 8.12. The summed E-state index contributed by atoms with van der Waals surface area (Å²) < 4.78 is 122. The topological polar surface area (TPSA) is 18.5 Å². The molecule has 10 heteroatoms. The second-order valence-corrected chi connectivity index (χ2v) is 8.04. The lowest BCUT2D eigenvalue weighted by atomic mass is 10.0. The first-order valence-corrected chi connectivity index (χ1v) is 11.2. The largest absolute Gasteiger partial charge is 0.494 e. The van der Waals surface area contributed by atoms with Gasteiger partial charge in [0.05, 0.1) is 12.2 Å². The van der Waals surface area contributed by atoms with Crippen molar-refractivity contribution in [2.24, 2.45) is 0 Å². The van der Waals surface area contributed by atoms with Crippen LogP contribution >= 0.6 is 0 Å². The monoisotopic (exact) mass is 548 g/mol. The Labute approximate surface area is 217 Å². The van der Waals surface area contributed by atoms with Crippen molar-refractivity contribution in [2.75, 3.05) is 6.61 Å². The molecule has 0 radical (unpaired) electrons. The van der Waals surface area contributed by atoms with Gasteiger partial charge in [0.25, 0.3) is 0 Å². The number of benzene rings is 4. The molecule has 0 aromatic heterocycles. The molecule has 200 valence electrons. The van der Waals surface area contributed by atoms with Crippen LogP contribution in [0.25, 0.3) is 11.1 Å². The van der Waals surface area contributed by atoms with Crippen molar-refractivity contribution >= 4 is 0 Å². The van der Waals surface area contributed by atoms with Crippen molar-refractivity contribution in [3.8, 4) is 34.5 Å². The minimum Gasteiger partial charge on any atom is -0.494 e. The lowest BCUT2D eigenvalue weighted by Gasteiger charge is -2.19. The maximum absolute atomic E-state index is 14.6. The summed E-state index contributed by atoms with van der Waals surface area (Å²) in [4.78, 5) is 0. The normalized spacial score (nSPS) is 11.1. The van der Waals surface area contributed by atoms with Gasteiger partial charge in [0.2, 0.25) is 0 Å². The molecule has 0 amide bonds. The minimum absolute atomic E-state index is 0.0949. The highest BCUT2D eigenvalue weighted by molar-refractivity contribution is 5.65. The van der Waals surface area contributed by atoms with Crippen molar-refractivity contribution < 1.29 is 44.6 Å². The quantitative estimate of drug-likeness (QED) is 0.138. The van der Waals surface area contributed by atoms with E-state index < -0.39 is 57.9 Å². The van der Waals surface area contributed by atoms with Crippen LogP contribution in [0.5, 0.6) is 11.5 Å². The third kappa shape index (κ3) is 6.14. The highest BCUT2D eigenvalue weighted by Crippen LogP contribution is 2.36. The van der Waals surface area contributed by atoms with Crippen LogP contribution in [0.2, 0.25) is 0 Å². The molecule has 0 atom stereocenters. The number of hydrogen-bond donors (Lipinski definition) is 0. The second kappa shape index (κ2) is 11.1. The van der Waals surface area contributed by atoms with Gasteiger partial charge in [-0.05, 0) is 54.4 Å². The number of rotatable bonds is 6. The van der Waals surface area contributed by atoms with Gasteiger partial charge in [0.15, 0.2) is 17.5 Å². The smallest absolute Gasteiger partial charge is 0.432 e. The fraction of sp³-hybridized carbons (Fsp3) is 0.103. The first kappa shape index (κ1) is 27.5. The Morgan fingerprint density at radius 2 is 1.23 bits per heavy atom. The molecular formula is C29H16F8O2. The zero-order valence-corrected chi connectivity index (χ0v) is 19.9. The van der Waals surface area contributed by atoms with Gasteiger partial charge in [0, 0.05) is 17.7 Å². The van der Waals surface area contributed by atoms with Crippen LogP contribution in [-0.2, 0) is 6.11 Å². The molecule has 4 aromatic carbocycles. The molecule has 4 rings (SSSR count). The Kier molecular flexibility index (Phi) is 7.81. The summed E-state index contributed by atoms with van der Waals surface area (Å²) in [6, 6.07) is 12.2. The van der Waals surface area contributed by atoms with Gasteiger partial charge in [-0.2, -0.15) is 8.78 Å². The number of ether oxygens (including phenoxy) is 2. The van der Waals surface area contributed by atoms with E-state index in [0.717, 1.165) is 0 Å². The van der Waals surface area contributed by atoms with Crippen LogP contribution in [-0.4, -0.2) is 6.61 Å². The van der Waals surface area contributed by atoms with Crippen LogP contribution in [0.15, 0.2) is 66.7 Å². The van der Waals surface area contributed by atoms with Gasteiger partial charge >= 0.3 is 6.11 Å². The van der Waals surface area contributed by atoms with Crippen LogP contribution in [0, 0.1) is 46.7 Å². The van der Waals surface area contributed by atoms with E-state index in [1.54, 1.807) is 30.3 Å². The van der Waals surface area contributed by atoms with E-state index in [9.17, 15) is 35.1 Å². The number of halogens is 8. The van der Waals surface area contributed by atoms with Crippen molar-refractivity contribution in [1.29, 1.82) is 0 Å². The molecule has 0 unspecified atom stereocenters. The van der Waals surface area contributed by atoms with Crippen LogP contribution in [0.3, 0.4) is 0 Å². The van der Waals surface area contributed by atoms with Crippen LogP contribution in [0.4, 0.5) is 35.1 Å². The average molecular weight is 548 g/mol. The molecule has 39 heavy (non-hydrogen) atoms. The van der Waals surface area contributed by atoms with Gasteiger partial charge in [-0.15, -0.1) is 0 Å². The van der Waals surface area contributed by atoms with Gasteiger partial charge in [-0.3, -0.25) is 0 Å². The summed E-state index contributed by atoms with van der Waals surface area (Å²) in [6.45, 7) is 2.33. The summed E-state index contributed by atoms with van der Waals surface area (Å²) in [5.41, 5.74) is -1.16. The first-order valence-electron chi connectivity index (χ1n) is 11.2. The Bertz CT molecular complexity index is 1540. The molecule has 0 aliphatic heterocycles. The van der Waals surface area contributed by atoms with Crippen molar-refractivity contribution in [1.82, 2.24) is 0 Å². The van der Waals surface area contributed by atoms with E-state index in [1.165, 1.54) is 12.1 Å². The molecule has 0 heterocycles. The SMILES string of the molecule is CCOc1ccc(-c2ccc(C#Cc3cc(F)c(C(F)(F)Oc4cc(F)c(F)c(F)c4)c(F)c3)c(F)c2)cc1. The third-order valence-corrected chi connectivity index (χ3v) is 5.35. The Morgan fingerprint density at radius 3 is 1.79 bits per heavy atom. The molecule has 0 aliphatic rings. The van der Waals surface area contributed by atoms with E-state index in [2.05, 4.69) is 16.6 Å². The molecule has 0 saturated heterocycles. The molecule has 0 aliphatic carbocycles. The zero-order chi connectivity index (χ0) is 28.3. The van der Waals surface area contributed by atoms with Crippen LogP contribution < -0.4 is 9.47 Å². The van der Waals surface area contributed by atoms with Gasteiger partial charge in [-0.1, -0.05) is 30.0 Å². The van der Waals surface area contributed by atoms with Gasteiger partial charge in [-0.25, -0.2) is 26.3 Å². The van der Waals surface area contributed by atoms with Crippen LogP contribution in [0.1, 0.15) is 23.6 Å². The molecule has 0 fully saturated rings. The Balaban J connectivity index is 1.56. The van der Waals surface area contributed by atoms with E-state index >= 15 is 0 Å². The van der Waals surface area contributed by atoms with Gasteiger partial charge in [0.1, 0.15) is 34.5 Å². The van der Waals surface area contributed by atoms with Crippen molar-refractivity contribution in [3.63, 3.8) is 0 Å². The molecule has 0 spiro atoms. The number of alkyl halides is 2. The molecule has 0 bridgehead atoms. The van der Waals surface area contributed by atoms with E-state index in [0.29, 0.717) is 35.6 Å². The maximum Gasteiger partial charge on any atom is 0.432 e. The molecule has 2 nitrogen and oxygen atoms in total. The predicted molar refractivity (Wildman–Crippen MR) is 126 cm³/mol. The molecule has 0 saturated carbocycles. The molecule has 0 N–H and O–H groups in total. The third-order valence-electron chi connectivity index (χ3n) is 5.35. The standard InChI is InChI=1S/C29H16F8O2/c1-2-38-20-9-7-17(8-10-20)19-6-5-18(22(30)13-19)4-3-16-11-23(31)27(24(32)12-16)29(36,37)39-21-14-25(33)28(35)26(34)15-21/h5-15H,2H2,1H3. The summed E-state index contributed by atoms with van der Waals surface area (Å²) in [5.74, 6) is -5.80. The second-order valence-electron chi connectivity index (χ2n) is 8.04. The van der Waals surface area contributed by atoms with Crippen molar-refractivity contribution in [2.45, 2.75) is 13.0 Å². The Morgan fingerprint density at radius 1 is 0.641 bits per heavy atom. The van der Waals surface area contributed by atoms with E-state index in [4.69, 9.17) is 4.74 Å². The lowest BCUT2D eigenvalue weighted by Crippen LogP contribution is -2.25. The van der Waals surface area contributed by atoms with Crippen molar-refractivity contribution in [3.05, 3.63) is 118 Å². The van der Waals surface area contributed by atoms with E-state index in [-0.39, 0.29) is 17.7 Å². The van der Waals surface area contributed by atoms with E-state index in [1.807, 2.05) is 6.92 Å². The average Bonchev–Trinajstić information content (AvgIpc) is 2.86. The summed E-state index contributed by atoms with van der Waals surface area (Å²) in [5, 5.41) is 0. The highest BCUT2D eigenvalue weighted by Gasteiger charge is 2.41. The van der Waals surface area contributed by atoms with Gasteiger partial charge < -0.3 is 9.47 Å². The fourth-order valence-electron chi connectivity index (χ4n) is 3.56. The molecular weight excluding hydrogens is 532 g/mol. The minimum atomic E-state index is -4.74. The summed E-state index contributed by atoms with van der Waals surface area (Å²) >= 11 is 0. The first-order chi connectivity index (χ1) is 18.5. The summed E-state index contributed by atoms with van der Waals surface area (Å²) in [7, 11) is 0. The molecule has 4 aromatic rings. The fourth-order valence-corrected chi connectivity index (χ4v) is 3.56. The Hall–Kier alpha value is -4.52. The summed E-state index contributed by atoms with van der Waals surface area (Å²) in [6.07, 6.45) is -4.74. The lowest BCUT2D eigenvalue weighted by molar-refractivity contribution is -0.189. The zero-order valence-electron chi connectivity index (χ0n) is 19.9. The number of hydrogen-bond acceptors (Lipinski definition) is 2.